The van der Waals surface area contributed by atoms with Gasteiger partial charge in [-0.05, 0) is 68.7 Å². The fraction of sp³-hybridized carbons (Fsp3) is 0.357. The molecule has 0 atom stereocenters. The summed E-state index contributed by atoms with van der Waals surface area (Å²) in [5.41, 5.74) is 16.0. The average molecular weight is 510 g/mol. The molecule has 1 heterocycles. The zero-order chi connectivity index (χ0) is 26.4. The molecule has 0 amide bonds. The van der Waals surface area contributed by atoms with Crippen molar-refractivity contribution in [3.63, 3.8) is 0 Å². The van der Waals surface area contributed by atoms with Gasteiger partial charge in [0, 0.05) is 23.7 Å². The molecular weight excluding hydrogens is 479 g/mol. The summed E-state index contributed by atoms with van der Waals surface area (Å²) in [5, 5.41) is 3.00. The number of anilines is 2. The van der Waals surface area contributed by atoms with Crippen LogP contribution in [0.3, 0.4) is 0 Å². The maximum Gasteiger partial charge on any atom is 0.573 e. The minimum atomic E-state index is -4.79. The van der Waals surface area contributed by atoms with Gasteiger partial charge in [-0.25, -0.2) is 4.98 Å². The van der Waals surface area contributed by atoms with E-state index in [0.29, 0.717) is 23.5 Å². The number of nitrogen functional groups attached to an aromatic ring is 1. The number of nitrogens with one attached hydrogen (secondary N) is 1. The van der Waals surface area contributed by atoms with Crippen molar-refractivity contribution in [2.24, 2.45) is 11.7 Å². The van der Waals surface area contributed by atoms with Crippen molar-refractivity contribution in [2.45, 2.75) is 58.0 Å². The quantitative estimate of drug-likeness (QED) is 0.388. The van der Waals surface area contributed by atoms with E-state index < -0.39 is 6.36 Å². The second-order valence-electron chi connectivity index (χ2n) is 9.37. The van der Waals surface area contributed by atoms with Crippen LogP contribution in [0.2, 0.25) is 0 Å². The Morgan fingerprint density at radius 2 is 1.78 bits per heavy atom. The summed E-state index contributed by atoms with van der Waals surface area (Å²) >= 11 is 0. The molecule has 1 aromatic heterocycles. The average Bonchev–Trinajstić information content (AvgIpc) is 2.83. The van der Waals surface area contributed by atoms with Gasteiger partial charge in [-0.1, -0.05) is 42.2 Å². The van der Waals surface area contributed by atoms with Crippen LogP contribution < -0.4 is 21.5 Å². The van der Waals surface area contributed by atoms with Crippen molar-refractivity contribution in [3.05, 3.63) is 76.5 Å². The van der Waals surface area contributed by atoms with Gasteiger partial charge in [-0.15, -0.1) is 13.2 Å². The third-order valence-corrected chi connectivity index (χ3v) is 6.37. The topological polar surface area (TPSA) is 99.1 Å². The summed E-state index contributed by atoms with van der Waals surface area (Å²) < 4.78 is 42.5. The Balaban J connectivity index is 1.61. The van der Waals surface area contributed by atoms with Gasteiger partial charge in [0.1, 0.15) is 11.6 Å². The van der Waals surface area contributed by atoms with Crippen molar-refractivity contribution >= 4 is 11.8 Å². The van der Waals surface area contributed by atoms with Crippen LogP contribution in [0.15, 0.2) is 48.5 Å². The van der Waals surface area contributed by atoms with Crippen molar-refractivity contribution < 1.29 is 17.9 Å². The first-order valence-corrected chi connectivity index (χ1v) is 12.2. The van der Waals surface area contributed by atoms with Crippen molar-refractivity contribution in [1.82, 2.24) is 9.97 Å². The molecule has 2 aromatic carbocycles. The molecule has 194 valence electrons. The second-order valence-corrected chi connectivity index (χ2v) is 9.37. The zero-order valence-electron chi connectivity index (χ0n) is 20.6. The largest absolute Gasteiger partial charge is 0.573 e. The summed E-state index contributed by atoms with van der Waals surface area (Å²) in [6.07, 6.45) is -0.237. The molecule has 4 rings (SSSR count). The first-order chi connectivity index (χ1) is 17.7. The molecule has 0 aliphatic heterocycles. The number of rotatable bonds is 6. The van der Waals surface area contributed by atoms with Crippen LogP contribution >= 0.6 is 0 Å². The highest BCUT2D eigenvalue weighted by Gasteiger charge is 2.32. The van der Waals surface area contributed by atoms with Crippen LogP contribution in [0.5, 0.6) is 5.75 Å². The first-order valence-electron chi connectivity index (χ1n) is 12.2. The number of hydrogen-bond donors (Lipinski definition) is 3. The van der Waals surface area contributed by atoms with Crippen LogP contribution in [0.4, 0.5) is 24.9 Å². The van der Waals surface area contributed by atoms with E-state index >= 15 is 0 Å². The van der Waals surface area contributed by atoms with Gasteiger partial charge in [0.05, 0.1) is 11.3 Å². The monoisotopic (exact) mass is 509 g/mol. The molecule has 3 aromatic rings. The van der Waals surface area contributed by atoms with Gasteiger partial charge in [-0.2, -0.15) is 4.98 Å². The molecule has 0 saturated heterocycles. The smallest absolute Gasteiger partial charge is 0.405 e. The van der Waals surface area contributed by atoms with E-state index in [1.807, 2.05) is 31.2 Å². The molecule has 1 fully saturated rings. The lowest BCUT2D eigenvalue weighted by molar-refractivity contribution is -0.274. The Morgan fingerprint density at radius 3 is 2.51 bits per heavy atom. The number of benzene rings is 2. The number of para-hydroxylation sites is 1. The number of aromatic nitrogens is 2. The normalized spacial score (nSPS) is 17.5. The number of halogens is 3. The van der Waals surface area contributed by atoms with E-state index in [1.54, 1.807) is 12.1 Å². The van der Waals surface area contributed by atoms with Gasteiger partial charge >= 0.3 is 6.36 Å². The van der Waals surface area contributed by atoms with E-state index in [9.17, 15) is 13.2 Å². The van der Waals surface area contributed by atoms with Crippen molar-refractivity contribution in [2.75, 3.05) is 11.1 Å². The van der Waals surface area contributed by atoms with E-state index in [1.165, 1.54) is 12.1 Å². The van der Waals surface area contributed by atoms with E-state index in [4.69, 9.17) is 16.5 Å². The van der Waals surface area contributed by atoms with E-state index in [0.717, 1.165) is 42.5 Å². The fourth-order valence-electron chi connectivity index (χ4n) is 4.46. The molecule has 5 N–H and O–H groups in total. The number of alkyl halides is 3. The molecule has 0 radical (unpaired) electrons. The summed E-state index contributed by atoms with van der Waals surface area (Å²) in [7, 11) is 0. The van der Waals surface area contributed by atoms with Crippen molar-refractivity contribution in [3.8, 4) is 17.6 Å². The molecule has 0 spiro atoms. The van der Waals surface area contributed by atoms with E-state index in [2.05, 4.69) is 26.9 Å². The lowest BCUT2D eigenvalue weighted by Crippen LogP contribution is -2.27. The van der Waals surface area contributed by atoms with Gasteiger partial charge in [0.15, 0.2) is 0 Å². The molecule has 9 heteroatoms. The van der Waals surface area contributed by atoms with Crippen LogP contribution in [-0.4, -0.2) is 22.4 Å². The molecule has 1 aliphatic rings. The number of nitrogens with zero attached hydrogens (tertiary/aromatic N) is 2. The van der Waals surface area contributed by atoms with Crippen molar-refractivity contribution in [1.29, 1.82) is 0 Å². The molecule has 1 saturated carbocycles. The van der Waals surface area contributed by atoms with E-state index in [-0.39, 0.29) is 30.1 Å². The maximum absolute atomic E-state index is 12.8. The van der Waals surface area contributed by atoms with Gasteiger partial charge < -0.3 is 21.5 Å². The first kappa shape index (κ1) is 26.3. The highest BCUT2D eigenvalue weighted by atomic mass is 19.4. The lowest BCUT2D eigenvalue weighted by Gasteiger charge is -2.26. The van der Waals surface area contributed by atoms with Gasteiger partial charge in [0.2, 0.25) is 5.95 Å². The Morgan fingerprint density at radius 1 is 1.03 bits per heavy atom. The Labute approximate surface area is 214 Å². The molecule has 0 unspecified atom stereocenters. The SMILES string of the molecule is Cc1cccc(C#Cc2c(N)nc(NCc3ccccc3OC(F)(F)F)nc2CC2CCC(N)CC2)c1. The third kappa shape index (κ3) is 7.61. The standard InChI is InChI=1S/C28H30F3N5O/c1-18-5-4-6-19(15-18)11-14-23-24(16-20-9-12-22(32)13-10-20)35-27(36-26(23)33)34-17-21-7-2-3-8-25(21)37-28(29,30)31/h2-8,15,20,22H,9-10,12-13,16-17,32H2,1H3,(H3,33,34,35,36). The Kier molecular flexibility index (Phi) is 8.19. The second kappa shape index (κ2) is 11.5. The minimum absolute atomic E-state index is 0.0255. The fourth-order valence-corrected chi connectivity index (χ4v) is 4.46. The zero-order valence-corrected chi connectivity index (χ0v) is 20.6. The predicted octanol–water partition coefficient (Wildman–Crippen LogP) is 5.34. The van der Waals surface area contributed by atoms with Crippen LogP contribution in [0.1, 0.15) is 53.6 Å². The molecule has 37 heavy (non-hydrogen) atoms. The summed E-state index contributed by atoms with van der Waals surface area (Å²) in [5.74, 6) is 6.88. The Bertz CT molecular complexity index is 1290. The molecule has 0 bridgehead atoms. The molecule has 1 aliphatic carbocycles. The summed E-state index contributed by atoms with van der Waals surface area (Å²) in [6, 6.07) is 14.0. The predicted molar refractivity (Wildman–Crippen MR) is 138 cm³/mol. The number of aryl methyl sites for hydroxylation is 1. The molecule has 6 nitrogen and oxygen atoms in total. The van der Waals surface area contributed by atoms with Crippen LogP contribution in [0, 0.1) is 24.7 Å². The van der Waals surface area contributed by atoms with Gasteiger partial charge in [-0.3, -0.25) is 0 Å². The lowest BCUT2D eigenvalue weighted by atomic mass is 9.83. The summed E-state index contributed by atoms with van der Waals surface area (Å²) in [6.45, 7) is 2.03. The third-order valence-electron chi connectivity index (χ3n) is 6.37. The van der Waals surface area contributed by atoms with Crippen LogP contribution in [-0.2, 0) is 13.0 Å². The highest BCUT2D eigenvalue weighted by Crippen LogP contribution is 2.29. The van der Waals surface area contributed by atoms with Gasteiger partial charge in [0.25, 0.3) is 0 Å². The molecular formula is C28H30F3N5O. The van der Waals surface area contributed by atoms with Crippen LogP contribution in [0.25, 0.3) is 0 Å². The highest BCUT2D eigenvalue weighted by molar-refractivity contribution is 5.58. The maximum atomic E-state index is 12.8. The number of hydrogen-bond acceptors (Lipinski definition) is 6. The minimum Gasteiger partial charge on any atom is -0.405 e. The summed E-state index contributed by atoms with van der Waals surface area (Å²) in [4.78, 5) is 9.05. The number of ether oxygens (including phenoxy) is 1. The number of nitrogens with two attached hydrogens (primary N) is 2. The Hall–Kier alpha value is -3.77.